The highest BCUT2D eigenvalue weighted by Crippen LogP contribution is 2.44. The Bertz CT molecular complexity index is 1110. The summed E-state index contributed by atoms with van der Waals surface area (Å²) in [6.45, 7) is 0.989. The van der Waals surface area contributed by atoms with E-state index in [1.807, 2.05) is 16.8 Å². The van der Waals surface area contributed by atoms with E-state index in [1.54, 1.807) is 7.11 Å². The Morgan fingerprint density at radius 1 is 1.13 bits per heavy atom. The van der Waals surface area contributed by atoms with Gasteiger partial charge in [-0.25, -0.2) is 18.9 Å². The molecule has 8 heteroatoms. The zero-order valence-electron chi connectivity index (χ0n) is 16.9. The molecule has 3 fully saturated rings. The van der Waals surface area contributed by atoms with E-state index in [0.717, 1.165) is 47.1 Å². The number of halogens is 1. The Labute approximate surface area is 174 Å². The first kappa shape index (κ1) is 18.1. The summed E-state index contributed by atoms with van der Waals surface area (Å²) in [5.74, 6) is 2.53. The van der Waals surface area contributed by atoms with Gasteiger partial charge in [-0.05, 0) is 49.3 Å². The van der Waals surface area contributed by atoms with Crippen molar-refractivity contribution in [3.8, 4) is 17.1 Å². The Morgan fingerprint density at radius 2 is 1.97 bits per heavy atom. The number of hydrogen-bond donors (Lipinski definition) is 2. The van der Waals surface area contributed by atoms with Gasteiger partial charge in [-0.2, -0.15) is 5.10 Å². The lowest BCUT2D eigenvalue weighted by molar-refractivity contribution is 0.342. The summed E-state index contributed by atoms with van der Waals surface area (Å²) in [5, 5.41) is 11.3. The maximum Gasteiger partial charge on any atom is 0.157 e. The Balaban J connectivity index is 1.43. The zero-order valence-corrected chi connectivity index (χ0v) is 16.9. The maximum absolute atomic E-state index is 14.1. The quantitative estimate of drug-likeness (QED) is 0.652. The second-order valence-corrected chi connectivity index (χ2v) is 8.66. The van der Waals surface area contributed by atoms with Crippen LogP contribution in [0.5, 0.6) is 5.75 Å². The van der Waals surface area contributed by atoms with Crippen LogP contribution in [0.15, 0.2) is 24.4 Å². The van der Waals surface area contributed by atoms with Crippen molar-refractivity contribution < 1.29 is 9.13 Å². The minimum atomic E-state index is -0.911. The van der Waals surface area contributed by atoms with Gasteiger partial charge in [-0.3, -0.25) is 0 Å². The summed E-state index contributed by atoms with van der Waals surface area (Å²) in [4.78, 5) is 9.38. The van der Waals surface area contributed by atoms with Gasteiger partial charge in [0.1, 0.15) is 29.1 Å². The first-order chi connectivity index (χ1) is 14.7. The summed E-state index contributed by atoms with van der Waals surface area (Å²) >= 11 is 0. The largest absolute Gasteiger partial charge is 0.495 e. The molecule has 2 saturated carbocycles. The molecule has 2 atom stereocenters. The number of nitrogens with zero attached hydrogens (tertiary/aromatic N) is 4. The first-order valence-corrected chi connectivity index (χ1v) is 10.8. The maximum atomic E-state index is 14.1. The molecule has 2 unspecified atom stereocenters. The van der Waals surface area contributed by atoms with Crippen LogP contribution >= 0.6 is 0 Å². The molecule has 30 heavy (non-hydrogen) atoms. The van der Waals surface area contributed by atoms with Crippen molar-refractivity contribution in [3.63, 3.8) is 0 Å². The van der Waals surface area contributed by atoms with Gasteiger partial charge in [-0.15, -0.1) is 0 Å². The molecular weight excluding hydrogens is 383 g/mol. The smallest absolute Gasteiger partial charge is 0.157 e. The molecule has 0 amide bonds. The van der Waals surface area contributed by atoms with Crippen molar-refractivity contribution in [2.75, 3.05) is 25.5 Å². The van der Waals surface area contributed by atoms with Gasteiger partial charge in [0.05, 0.1) is 25.0 Å². The van der Waals surface area contributed by atoms with Crippen LogP contribution in [0.4, 0.5) is 10.2 Å². The molecule has 0 aromatic carbocycles. The highest BCUT2D eigenvalue weighted by molar-refractivity contribution is 5.64. The lowest BCUT2D eigenvalue weighted by atomic mass is 10.1. The van der Waals surface area contributed by atoms with Gasteiger partial charge in [0.2, 0.25) is 0 Å². The van der Waals surface area contributed by atoms with Crippen LogP contribution in [0, 0.1) is 0 Å². The van der Waals surface area contributed by atoms with E-state index in [2.05, 4.69) is 27.8 Å². The molecule has 3 aromatic heterocycles. The van der Waals surface area contributed by atoms with E-state index in [9.17, 15) is 4.39 Å². The number of pyridine rings is 1. The Hall–Kier alpha value is -2.74. The molecule has 7 nitrogen and oxygen atoms in total. The number of hydrogen-bond acceptors (Lipinski definition) is 6. The summed E-state index contributed by atoms with van der Waals surface area (Å²) in [7, 11) is 1.68. The fourth-order valence-corrected chi connectivity index (χ4v) is 4.28. The van der Waals surface area contributed by atoms with Crippen LogP contribution in [0.1, 0.15) is 48.8 Å². The fourth-order valence-electron chi connectivity index (χ4n) is 4.28. The third-order valence-corrected chi connectivity index (χ3v) is 6.30. The van der Waals surface area contributed by atoms with Gasteiger partial charge in [0.15, 0.2) is 5.65 Å². The van der Waals surface area contributed by atoms with Gasteiger partial charge < -0.3 is 15.4 Å². The molecule has 0 bridgehead atoms. The van der Waals surface area contributed by atoms with Crippen LogP contribution in [0.3, 0.4) is 0 Å². The van der Waals surface area contributed by atoms with E-state index in [0.29, 0.717) is 24.9 Å². The summed E-state index contributed by atoms with van der Waals surface area (Å²) in [5.41, 5.74) is 4.63. The highest BCUT2D eigenvalue weighted by atomic mass is 19.1. The van der Waals surface area contributed by atoms with Gasteiger partial charge in [0, 0.05) is 25.1 Å². The second-order valence-electron chi connectivity index (χ2n) is 8.66. The number of ether oxygens (including phenoxy) is 1. The van der Waals surface area contributed by atoms with Gasteiger partial charge in [0.25, 0.3) is 0 Å². The molecule has 1 saturated heterocycles. The predicted octanol–water partition coefficient (Wildman–Crippen LogP) is 3.28. The fraction of sp³-hybridized carbons (Fsp3) is 0.500. The topological polar surface area (TPSA) is 76.4 Å². The van der Waals surface area contributed by atoms with Gasteiger partial charge in [-0.1, -0.05) is 0 Å². The van der Waals surface area contributed by atoms with E-state index < -0.39 is 6.17 Å². The van der Waals surface area contributed by atoms with Crippen molar-refractivity contribution in [3.05, 3.63) is 35.7 Å². The van der Waals surface area contributed by atoms with E-state index in [-0.39, 0.29) is 6.04 Å². The molecule has 6 rings (SSSR count). The van der Waals surface area contributed by atoms with Crippen molar-refractivity contribution >= 4 is 11.5 Å². The van der Waals surface area contributed by atoms with E-state index in [1.165, 1.54) is 18.4 Å². The number of anilines is 1. The molecule has 156 valence electrons. The Kier molecular flexibility index (Phi) is 4.16. The zero-order chi connectivity index (χ0) is 20.2. The van der Waals surface area contributed by atoms with Crippen LogP contribution in [0.2, 0.25) is 0 Å². The molecule has 4 heterocycles. The minimum Gasteiger partial charge on any atom is -0.495 e. The number of nitrogens with one attached hydrogen (secondary N) is 2. The summed E-state index contributed by atoms with van der Waals surface area (Å²) in [6, 6.07) is 5.90. The van der Waals surface area contributed by atoms with Crippen LogP contribution in [-0.4, -0.2) is 52.0 Å². The third-order valence-electron chi connectivity index (χ3n) is 6.30. The Morgan fingerprint density at radius 3 is 2.67 bits per heavy atom. The van der Waals surface area contributed by atoms with E-state index >= 15 is 0 Å². The molecule has 2 aliphatic carbocycles. The third kappa shape index (κ3) is 3.19. The van der Waals surface area contributed by atoms with Gasteiger partial charge >= 0.3 is 0 Å². The van der Waals surface area contributed by atoms with Crippen molar-refractivity contribution in [1.29, 1.82) is 0 Å². The lowest BCUT2D eigenvalue weighted by Gasteiger charge is -2.16. The minimum absolute atomic E-state index is 0.258. The van der Waals surface area contributed by atoms with Crippen LogP contribution < -0.4 is 15.4 Å². The lowest BCUT2D eigenvalue weighted by Crippen LogP contribution is -2.29. The molecular formula is C22H25FN6O. The standard InChI is InChI=1S/C22H25FN6O/c1-30-19-8-21-25-11-18(29(21)28-22(19)13-4-5-13)16-6-14(12-2-3-12)7-20(26-16)27-17-10-24-9-15(17)23/h6-8,11-13,15,17,24H,2-5,9-10H2,1H3,(H,26,27). The normalized spacial score (nSPS) is 23.8. The summed E-state index contributed by atoms with van der Waals surface area (Å²) in [6.07, 6.45) is 5.56. The second kappa shape index (κ2) is 6.91. The molecule has 0 radical (unpaired) electrons. The molecule has 3 aliphatic rings. The average Bonchev–Trinajstić information content (AvgIpc) is 3.68. The number of aromatic nitrogens is 4. The monoisotopic (exact) mass is 408 g/mol. The SMILES string of the molecule is COc1cc2ncc(-c3cc(C4CC4)cc(NC4CNCC4F)n3)n2nc1C1CC1. The van der Waals surface area contributed by atoms with Crippen molar-refractivity contribution in [1.82, 2.24) is 24.9 Å². The average molecular weight is 408 g/mol. The van der Waals surface area contributed by atoms with E-state index in [4.69, 9.17) is 14.8 Å². The van der Waals surface area contributed by atoms with Crippen LogP contribution in [0.25, 0.3) is 17.0 Å². The number of fused-ring (bicyclic) bond motifs is 1. The predicted molar refractivity (Wildman–Crippen MR) is 112 cm³/mol. The van der Waals surface area contributed by atoms with Crippen molar-refractivity contribution in [2.24, 2.45) is 0 Å². The molecule has 0 spiro atoms. The summed E-state index contributed by atoms with van der Waals surface area (Å²) < 4.78 is 21.6. The number of rotatable bonds is 6. The van der Waals surface area contributed by atoms with Crippen molar-refractivity contribution in [2.45, 2.75) is 49.7 Å². The molecule has 1 aliphatic heterocycles. The highest BCUT2D eigenvalue weighted by Gasteiger charge is 2.31. The van der Waals surface area contributed by atoms with Crippen LogP contribution in [-0.2, 0) is 0 Å². The number of methoxy groups -OCH3 is 1. The number of alkyl halides is 1. The molecule has 2 N–H and O–H groups in total. The first-order valence-electron chi connectivity index (χ1n) is 10.8. The molecule has 3 aromatic rings. The number of imidazole rings is 1.